The van der Waals surface area contributed by atoms with Gasteiger partial charge in [-0.2, -0.15) is 0 Å². The van der Waals surface area contributed by atoms with Gasteiger partial charge in [-0.05, 0) is 25.7 Å². The summed E-state index contributed by atoms with van der Waals surface area (Å²) >= 11 is 6.14. The first-order valence-corrected chi connectivity index (χ1v) is 6.31. The Balaban J connectivity index is 2.02. The predicted molar refractivity (Wildman–Crippen MR) is 68.6 cm³/mol. The summed E-state index contributed by atoms with van der Waals surface area (Å²) in [5.41, 5.74) is 0. The van der Waals surface area contributed by atoms with Crippen molar-refractivity contribution >= 4 is 17.4 Å². The van der Waals surface area contributed by atoms with Crippen LogP contribution in [0.15, 0.2) is 6.20 Å². The molecule has 0 unspecified atom stereocenters. The molecule has 0 radical (unpaired) electrons. The summed E-state index contributed by atoms with van der Waals surface area (Å²) in [7, 11) is 1.76. The fourth-order valence-electron chi connectivity index (χ4n) is 2.21. The quantitative estimate of drug-likeness (QED) is 0.831. The van der Waals surface area contributed by atoms with E-state index in [9.17, 15) is 0 Å². The van der Waals surface area contributed by atoms with Crippen LogP contribution in [0, 0.1) is 12.8 Å². The highest BCUT2D eigenvalue weighted by Gasteiger charge is 2.21. The lowest BCUT2D eigenvalue weighted by atomic mass is 9.98. The van der Waals surface area contributed by atoms with Crippen LogP contribution < -0.4 is 4.90 Å². The van der Waals surface area contributed by atoms with E-state index in [1.54, 1.807) is 13.3 Å². The number of aryl methyl sites for hydroxylation is 1. The van der Waals surface area contributed by atoms with Crippen molar-refractivity contribution in [3.05, 3.63) is 17.0 Å². The lowest BCUT2D eigenvalue weighted by Gasteiger charge is -2.32. The first kappa shape index (κ1) is 12.6. The summed E-state index contributed by atoms with van der Waals surface area (Å²) in [6, 6.07) is 0. The molecule has 1 saturated heterocycles. The van der Waals surface area contributed by atoms with Gasteiger partial charge in [0.25, 0.3) is 0 Å². The summed E-state index contributed by atoms with van der Waals surface area (Å²) in [6.45, 7) is 4.72. The molecule has 1 aromatic heterocycles. The van der Waals surface area contributed by atoms with Crippen molar-refractivity contribution in [2.75, 3.05) is 31.7 Å². The molecule has 0 saturated carbocycles. The smallest absolute Gasteiger partial charge is 0.151 e. The Morgan fingerprint density at radius 2 is 2.18 bits per heavy atom. The number of nitrogens with zero attached hydrogens (tertiary/aromatic N) is 3. The summed E-state index contributed by atoms with van der Waals surface area (Å²) in [5.74, 6) is 2.30. The second-order valence-corrected chi connectivity index (χ2v) is 4.88. The third-order valence-electron chi connectivity index (χ3n) is 3.16. The van der Waals surface area contributed by atoms with Gasteiger partial charge in [0.15, 0.2) is 5.82 Å². The van der Waals surface area contributed by atoms with Crippen LogP contribution in [0.4, 0.5) is 5.82 Å². The summed E-state index contributed by atoms with van der Waals surface area (Å²) in [4.78, 5) is 10.7. The number of methoxy groups -OCH3 is 1. The van der Waals surface area contributed by atoms with Crippen LogP contribution in [0.5, 0.6) is 0 Å². The topological polar surface area (TPSA) is 38.2 Å². The van der Waals surface area contributed by atoms with Crippen molar-refractivity contribution < 1.29 is 4.74 Å². The van der Waals surface area contributed by atoms with Crippen LogP contribution in [0.1, 0.15) is 18.7 Å². The first-order chi connectivity index (χ1) is 8.20. The Bertz CT molecular complexity index is 378. The van der Waals surface area contributed by atoms with E-state index in [1.807, 2.05) is 6.92 Å². The Morgan fingerprint density at radius 1 is 1.47 bits per heavy atom. The number of piperidine rings is 1. The first-order valence-electron chi connectivity index (χ1n) is 5.93. The van der Waals surface area contributed by atoms with Crippen molar-refractivity contribution in [3.63, 3.8) is 0 Å². The number of aromatic nitrogens is 2. The molecule has 1 fully saturated rings. The van der Waals surface area contributed by atoms with Gasteiger partial charge in [0.1, 0.15) is 10.8 Å². The number of hydrogen-bond acceptors (Lipinski definition) is 4. The maximum atomic E-state index is 6.14. The van der Waals surface area contributed by atoms with E-state index in [1.165, 1.54) is 0 Å². The van der Waals surface area contributed by atoms with E-state index in [0.29, 0.717) is 10.9 Å². The molecular formula is C12H18ClN3O. The molecule has 2 heterocycles. The van der Waals surface area contributed by atoms with Gasteiger partial charge >= 0.3 is 0 Å². The highest BCUT2D eigenvalue weighted by Crippen LogP contribution is 2.27. The summed E-state index contributed by atoms with van der Waals surface area (Å²) in [6.07, 6.45) is 3.95. The van der Waals surface area contributed by atoms with E-state index in [0.717, 1.165) is 44.2 Å². The van der Waals surface area contributed by atoms with E-state index in [2.05, 4.69) is 14.9 Å². The summed E-state index contributed by atoms with van der Waals surface area (Å²) < 4.78 is 5.19. The highest BCUT2D eigenvalue weighted by molar-refractivity contribution is 6.32. The molecule has 1 aromatic rings. The van der Waals surface area contributed by atoms with Crippen LogP contribution in [-0.2, 0) is 4.74 Å². The van der Waals surface area contributed by atoms with Gasteiger partial charge < -0.3 is 9.64 Å². The number of anilines is 1. The lowest BCUT2D eigenvalue weighted by molar-refractivity contribution is 0.139. The molecule has 1 aliphatic rings. The third kappa shape index (κ3) is 3.07. The molecule has 0 amide bonds. The zero-order valence-corrected chi connectivity index (χ0v) is 11.1. The molecule has 0 aromatic carbocycles. The fourth-order valence-corrected chi connectivity index (χ4v) is 2.42. The summed E-state index contributed by atoms with van der Waals surface area (Å²) in [5, 5.41) is 0.640. The van der Waals surface area contributed by atoms with Crippen molar-refractivity contribution in [2.45, 2.75) is 19.8 Å². The van der Waals surface area contributed by atoms with Gasteiger partial charge in [0, 0.05) is 26.8 Å². The number of rotatable bonds is 3. The van der Waals surface area contributed by atoms with Crippen LogP contribution >= 0.6 is 11.6 Å². The molecule has 0 aliphatic carbocycles. The maximum absolute atomic E-state index is 6.14. The third-order valence-corrected chi connectivity index (χ3v) is 3.43. The van der Waals surface area contributed by atoms with Gasteiger partial charge in [0.2, 0.25) is 0 Å². The largest absolute Gasteiger partial charge is 0.384 e. The van der Waals surface area contributed by atoms with Gasteiger partial charge in [-0.3, -0.25) is 0 Å². The van der Waals surface area contributed by atoms with E-state index in [-0.39, 0.29) is 0 Å². The minimum absolute atomic E-state index is 0.640. The molecule has 2 rings (SSSR count). The van der Waals surface area contributed by atoms with Gasteiger partial charge in [0.05, 0.1) is 6.20 Å². The molecule has 4 nitrogen and oxygen atoms in total. The molecule has 0 bridgehead atoms. The van der Waals surface area contributed by atoms with E-state index >= 15 is 0 Å². The van der Waals surface area contributed by atoms with Crippen molar-refractivity contribution in [1.29, 1.82) is 0 Å². The predicted octanol–water partition coefficient (Wildman–Crippen LogP) is 2.30. The van der Waals surface area contributed by atoms with E-state index < -0.39 is 0 Å². The average Bonchev–Trinajstić information content (AvgIpc) is 2.34. The molecule has 5 heteroatoms. The Hall–Kier alpha value is -0.870. The second-order valence-electron chi connectivity index (χ2n) is 4.47. The molecule has 0 atom stereocenters. The van der Waals surface area contributed by atoms with Gasteiger partial charge in [-0.15, -0.1) is 0 Å². The van der Waals surface area contributed by atoms with Gasteiger partial charge in [-0.1, -0.05) is 11.6 Å². The number of hydrogen-bond donors (Lipinski definition) is 0. The van der Waals surface area contributed by atoms with Crippen LogP contribution in [-0.4, -0.2) is 36.8 Å². The van der Waals surface area contributed by atoms with Gasteiger partial charge in [-0.25, -0.2) is 9.97 Å². The van der Waals surface area contributed by atoms with Crippen LogP contribution in [0.3, 0.4) is 0 Å². The zero-order chi connectivity index (χ0) is 12.3. The Kier molecular flexibility index (Phi) is 4.18. The second kappa shape index (κ2) is 5.65. The van der Waals surface area contributed by atoms with Crippen LogP contribution in [0.2, 0.25) is 5.02 Å². The van der Waals surface area contributed by atoms with E-state index in [4.69, 9.17) is 16.3 Å². The average molecular weight is 256 g/mol. The Morgan fingerprint density at radius 3 is 2.82 bits per heavy atom. The SMILES string of the molecule is COCC1CCN(c2nc(C)ncc2Cl)CC1. The number of halogens is 1. The Labute approximate surface area is 107 Å². The molecule has 0 spiro atoms. The highest BCUT2D eigenvalue weighted by atomic mass is 35.5. The van der Waals surface area contributed by atoms with Crippen molar-refractivity contribution in [1.82, 2.24) is 9.97 Å². The molecule has 94 valence electrons. The minimum Gasteiger partial charge on any atom is -0.384 e. The lowest BCUT2D eigenvalue weighted by Crippen LogP contribution is -2.35. The standard InChI is InChI=1S/C12H18ClN3O/c1-9-14-7-11(13)12(15-9)16-5-3-10(4-6-16)8-17-2/h7,10H,3-6,8H2,1-2H3. The molecular weight excluding hydrogens is 238 g/mol. The van der Waals surface area contributed by atoms with Crippen LogP contribution in [0.25, 0.3) is 0 Å². The van der Waals surface area contributed by atoms with Crippen molar-refractivity contribution in [2.24, 2.45) is 5.92 Å². The molecule has 0 N–H and O–H groups in total. The number of ether oxygens (including phenoxy) is 1. The molecule has 17 heavy (non-hydrogen) atoms. The minimum atomic E-state index is 0.640. The monoisotopic (exact) mass is 255 g/mol. The zero-order valence-electron chi connectivity index (χ0n) is 10.3. The maximum Gasteiger partial charge on any atom is 0.151 e. The fraction of sp³-hybridized carbons (Fsp3) is 0.667. The normalized spacial score (nSPS) is 17.5. The molecule has 1 aliphatic heterocycles. The van der Waals surface area contributed by atoms with Crippen molar-refractivity contribution in [3.8, 4) is 0 Å².